The SMILES string of the molecule is [CH2]Cc1ncc(Cc2ccc(F)cc2)cc1NCCN1CCCC1=O. The fraction of sp³-hybridized carbons (Fsp3) is 0.350. The van der Waals surface area contributed by atoms with E-state index in [1.54, 1.807) is 12.1 Å². The van der Waals surface area contributed by atoms with Crippen LogP contribution >= 0.6 is 0 Å². The monoisotopic (exact) mass is 340 g/mol. The quantitative estimate of drug-likeness (QED) is 0.842. The number of halogens is 1. The Labute approximate surface area is 148 Å². The fourth-order valence-corrected chi connectivity index (χ4v) is 3.09. The van der Waals surface area contributed by atoms with Crippen molar-refractivity contribution in [2.45, 2.75) is 25.7 Å². The van der Waals surface area contributed by atoms with Crippen LogP contribution in [0.15, 0.2) is 36.5 Å². The molecule has 131 valence electrons. The molecule has 0 unspecified atom stereocenters. The van der Waals surface area contributed by atoms with Gasteiger partial charge >= 0.3 is 0 Å². The van der Waals surface area contributed by atoms with Gasteiger partial charge in [-0.2, -0.15) is 0 Å². The third-order valence-electron chi connectivity index (χ3n) is 4.45. The summed E-state index contributed by atoms with van der Waals surface area (Å²) >= 11 is 0. The average molecular weight is 340 g/mol. The molecule has 3 rings (SSSR count). The van der Waals surface area contributed by atoms with Crippen LogP contribution in [-0.2, 0) is 17.6 Å². The summed E-state index contributed by atoms with van der Waals surface area (Å²) in [6, 6.07) is 8.59. The largest absolute Gasteiger partial charge is 0.382 e. The van der Waals surface area contributed by atoms with Gasteiger partial charge in [-0.3, -0.25) is 9.78 Å². The zero-order valence-electron chi connectivity index (χ0n) is 14.3. The number of pyridine rings is 1. The second-order valence-electron chi connectivity index (χ2n) is 6.30. The van der Waals surface area contributed by atoms with Gasteiger partial charge in [0.15, 0.2) is 0 Å². The minimum atomic E-state index is -0.229. The molecule has 2 heterocycles. The molecular weight excluding hydrogens is 317 g/mol. The Bertz CT molecular complexity index is 730. The molecule has 5 heteroatoms. The molecule has 0 bridgehead atoms. The van der Waals surface area contributed by atoms with Crippen LogP contribution in [0.3, 0.4) is 0 Å². The standard InChI is InChI=1S/C20H23FN3O/c1-2-18-19(22-9-11-24-10-3-4-20(24)25)13-16(14-23-18)12-15-5-7-17(21)8-6-15/h5-8,13-14,22H,1-4,9-12H2. The van der Waals surface area contributed by atoms with Gasteiger partial charge < -0.3 is 10.2 Å². The highest BCUT2D eigenvalue weighted by atomic mass is 19.1. The molecule has 1 N–H and O–H groups in total. The lowest BCUT2D eigenvalue weighted by molar-refractivity contribution is -0.127. The van der Waals surface area contributed by atoms with Crippen LogP contribution in [0, 0.1) is 12.7 Å². The van der Waals surface area contributed by atoms with Crippen LogP contribution in [0.5, 0.6) is 0 Å². The van der Waals surface area contributed by atoms with E-state index >= 15 is 0 Å². The summed E-state index contributed by atoms with van der Waals surface area (Å²) in [6.07, 6.45) is 4.77. The maximum atomic E-state index is 13.0. The van der Waals surface area contributed by atoms with E-state index in [1.165, 1.54) is 12.1 Å². The summed E-state index contributed by atoms with van der Waals surface area (Å²) in [5.41, 5.74) is 3.97. The minimum absolute atomic E-state index is 0.229. The smallest absolute Gasteiger partial charge is 0.222 e. The first-order valence-electron chi connectivity index (χ1n) is 8.69. The van der Waals surface area contributed by atoms with Gasteiger partial charge in [0.1, 0.15) is 5.82 Å². The Hall–Kier alpha value is -2.43. The van der Waals surface area contributed by atoms with Crippen molar-refractivity contribution >= 4 is 11.6 Å². The molecule has 1 saturated heterocycles. The summed E-state index contributed by atoms with van der Waals surface area (Å²) in [4.78, 5) is 18.1. The van der Waals surface area contributed by atoms with Gasteiger partial charge in [-0.25, -0.2) is 4.39 Å². The lowest BCUT2D eigenvalue weighted by Gasteiger charge is -2.17. The molecule has 0 saturated carbocycles. The number of hydrogen-bond donors (Lipinski definition) is 1. The first-order valence-corrected chi connectivity index (χ1v) is 8.69. The van der Waals surface area contributed by atoms with Crippen LogP contribution in [0.2, 0.25) is 0 Å². The lowest BCUT2D eigenvalue weighted by Crippen LogP contribution is -2.30. The molecule has 1 aliphatic heterocycles. The van der Waals surface area contributed by atoms with Gasteiger partial charge in [-0.1, -0.05) is 12.1 Å². The highest BCUT2D eigenvalue weighted by molar-refractivity contribution is 5.78. The Morgan fingerprint density at radius 1 is 1.24 bits per heavy atom. The Morgan fingerprint density at radius 3 is 2.72 bits per heavy atom. The van der Waals surface area contributed by atoms with Crippen molar-refractivity contribution in [1.29, 1.82) is 0 Å². The Balaban J connectivity index is 1.64. The number of nitrogens with one attached hydrogen (secondary N) is 1. The van der Waals surface area contributed by atoms with Crippen molar-refractivity contribution in [1.82, 2.24) is 9.88 Å². The number of nitrogens with zero attached hydrogens (tertiary/aromatic N) is 2. The molecule has 2 aromatic rings. The number of amides is 1. The predicted molar refractivity (Wildman–Crippen MR) is 96.8 cm³/mol. The number of anilines is 1. The normalized spacial score (nSPS) is 14.2. The number of likely N-dealkylation sites (tertiary alicyclic amines) is 1. The second-order valence-corrected chi connectivity index (χ2v) is 6.30. The summed E-state index contributed by atoms with van der Waals surface area (Å²) in [5, 5.41) is 3.39. The van der Waals surface area contributed by atoms with Crippen LogP contribution in [-0.4, -0.2) is 35.4 Å². The van der Waals surface area contributed by atoms with Crippen molar-refractivity contribution < 1.29 is 9.18 Å². The summed E-state index contributed by atoms with van der Waals surface area (Å²) < 4.78 is 13.0. The average Bonchev–Trinajstić information content (AvgIpc) is 3.02. The molecule has 1 aromatic carbocycles. The Kier molecular flexibility index (Phi) is 5.64. The molecule has 1 amide bonds. The Morgan fingerprint density at radius 2 is 2.04 bits per heavy atom. The van der Waals surface area contributed by atoms with Crippen LogP contribution in [0.1, 0.15) is 29.7 Å². The van der Waals surface area contributed by atoms with E-state index in [0.29, 0.717) is 32.4 Å². The molecule has 0 atom stereocenters. The number of carbonyl (C=O) groups is 1. The molecule has 1 radical (unpaired) electrons. The zero-order valence-corrected chi connectivity index (χ0v) is 14.3. The molecule has 0 spiro atoms. The van der Waals surface area contributed by atoms with Gasteiger partial charge in [-0.05, 0) is 55.5 Å². The second kappa shape index (κ2) is 8.10. The molecular formula is C20H23FN3O. The van der Waals surface area contributed by atoms with E-state index in [1.807, 2.05) is 11.1 Å². The topological polar surface area (TPSA) is 45.2 Å². The van der Waals surface area contributed by atoms with Crippen molar-refractivity contribution in [2.24, 2.45) is 0 Å². The van der Waals surface area contributed by atoms with E-state index in [2.05, 4.69) is 23.3 Å². The molecule has 1 aliphatic rings. The van der Waals surface area contributed by atoms with Crippen molar-refractivity contribution in [3.05, 3.63) is 66.1 Å². The van der Waals surface area contributed by atoms with Crippen LogP contribution in [0.25, 0.3) is 0 Å². The number of benzene rings is 1. The zero-order chi connectivity index (χ0) is 17.6. The first kappa shape index (κ1) is 17.4. The van der Waals surface area contributed by atoms with Gasteiger partial charge in [-0.15, -0.1) is 0 Å². The van der Waals surface area contributed by atoms with Gasteiger partial charge in [0.25, 0.3) is 0 Å². The summed E-state index contributed by atoms with van der Waals surface area (Å²) in [5.74, 6) is 0.00969. The van der Waals surface area contributed by atoms with Crippen LogP contribution < -0.4 is 5.32 Å². The molecule has 4 nitrogen and oxygen atoms in total. The third kappa shape index (κ3) is 4.56. The minimum Gasteiger partial charge on any atom is -0.382 e. The van der Waals surface area contributed by atoms with Gasteiger partial charge in [0.05, 0.1) is 11.4 Å². The molecule has 1 aromatic heterocycles. The van der Waals surface area contributed by atoms with Crippen molar-refractivity contribution in [2.75, 3.05) is 25.0 Å². The van der Waals surface area contributed by atoms with Crippen molar-refractivity contribution in [3.8, 4) is 0 Å². The predicted octanol–water partition coefficient (Wildman–Crippen LogP) is 3.22. The van der Waals surface area contributed by atoms with Crippen LogP contribution in [0.4, 0.5) is 10.1 Å². The molecule has 1 fully saturated rings. The number of hydrogen-bond acceptors (Lipinski definition) is 3. The highest BCUT2D eigenvalue weighted by Crippen LogP contribution is 2.19. The number of rotatable bonds is 7. The van der Waals surface area contributed by atoms with E-state index in [0.717, 1.165) is 35.5 Å². The maximum absolute atomic E-state index is 13.0. The lowest BCUT2D eigenvalue weighted by atomic mass is 10.1. The fourth-order valence-electron chi connectivity index (χ4n) is 3.09. The van der Waals surface area contributed by atoms with E-state index < -0.39 is 0 Å². The van der Waals surface area contributed by atoms with Crippen molar-refractivity contribution in [3.63, 3.8) is 0 Å². The third-order valence-corrected chi connectivity index (χ3v) is 4.45. The van der Waals surface area contributed by atoms with Gasteiger partial charge in [0.2, 0.25) is 5.91 Å². The van der Waals surface area contributed by atoms with Gasteiger partial charge in [0, 0.05) is 32.3 Å². The van der Waals surface area contributed by atoms with E-state index in [9.17, 15) is 9.18 Å². The summed E-state index contributed by atoms with van der Waals surface area (Å²) in [7, 11) is 0. The highest BCUT2D eigenvalue weighted by Gasteiger charge is 2.19. The molecule has 0 aliphatic carbocycles. The van der Waals surface area contributed by atoms with E-state index in [-0.39, 0.29) is 11.7 Å². The number of aromatic nitrogens is 1. The first-order chi connectivity index (χ1) is 12.2. The van der Waals surface area contributed by atoms with E-state index in [4.69, 9.17) is 0 Å². The maximum Gasteiger partial charge on any atom is 0.222 e. The molecule has 25 heavy (non-hydrogen) atoms. The summed E-state index contributed by atoms with van der Waals surface area (Å²) in [6.45, 7) is 6.18. The number of carbonyl (C=O) groups excluding carboxylic acids is 1.